The third-order valence-electron chi connectivity index (χ3n) is 2.27. The molecule has 0 radical (unpaired) electrons. The molecule has 78 valence electrons. The minimum absolute atomic E-state index is 0.431. The molecule has 0 unspecified atom stereocenters. The molecule has 14 heavy (non-hydrogen) atoms. The topological polar surface area (TPSA) is 29.3 Å². The van der Waals surface area contributed by atoms with Crippen molar-refractivity contribution in [3.8, 4) is 0 Å². The summed E-state index contributed by atoms with van der Waals surface area (Å²) in [4.78, 5) is 2.22. The van der Waals surface area contributed by atoms with Crippen LogP contribution in [0.25, 0.3) is 0 Å². The first kappa shape index (κ1) is 11.2. The Labute approximate surface area is 90.7 Å². The molecular formula is C11H17ClN2. The van der Waals surface area contributed by atoms with E-state index >= 15 is 0 Å². The summed E-state index contributed by atoms with van der Waals surface area (Å²) in [5.41, 5.74) is 7.71. The van der Waals surface area contributed by atoms with Gasteiger partial charge in [-0.05, 0) is 39.0 Å². The maximum atomic E-state index is 5.94. The quantitative estimate of drug-likeness (QED) is 0.780. The van der Waals surface area contributed by atoms with Gasteiger partial charge in [0.1, 0.15) is 0 Å². The van der Waals surface area contributed by atoms with Crippen molar-refractivity contribution in [3.05, 3.63) is 23.2 Å². The molecule has 0 heterocycles. The van der Waals surface area contributed by atoms with Crippen LogP contribution in [0.5, 0.6) is 0 Å². The number of hydrogen-bond acceptors (Lipinski definition) is 2. The molecule has 2 nitrogen and oxygen atoms in total. The first-order chi connectivity index (χ1) is 6.56. The van der Waals surface area contributed by atoms with Crippen LogP contribution in [0.3, 0.4) is 0 Å². The highest BCUT2D eigenvalue weighted by Crippen LogP contribution is 2.28. The van der Waals surface area contributed by atoms with Crippen molar-refractivity contribution in [2.24, 2.45) is 0 Å². The van der Waals surface area contributed by atoms with Crippen molar-refractivity contribution >= 4 is 23.0 Å². The number of halogens is 1. The van der Waals surface area contributed by atoms with E-state index in [0.717, 1.165) is 22.9 Å². The number of nitrogen functional groups attached to an aromatic ring is 1. The smallest absolute Gasteiger partial charge is 0.0617 e. The minimum Gasteiger partial charge on any atom is -0.397 e. The van der Waals surface area contributed by atoms with E-state index in [2.05, 4.69) is 25.7 Å². The number of nitrogens with zero attached hydrogens (tertiary/aromatic N) is 1. The largest absolute Gasteiger partial charge is 0.397 e. The Kier molecular flexibility index (Phi) is 3.64. The molecule has 0 bridgehead atoms. The second kappa shape index (κ2) is 4.56. The summed E-state index contributed by atoms with van der Waals surface area (Å²) in [5.74, 6) is 0. The molecule has 0 spiro atoms. The Morgan fingerprint density at radius 1 is 1.43 bits per heavy atom. The van der Waals surface area contributed by atoms with Crippen molar-refractivity contribution in [1.82, 2.24) is 0 Å². The predicted octanol–water partition coefficient (Wildman–Crippen LogP) is 3.16. The Bertz CT molecular complexity index is 310. The van der Waals surface area contributed by atoms with Gasteiger partial charge in [0, 0.05) is 17.6 Å². The van der Waals surface area contributed by atoms with Crippen molar-refractivity contribution in [2.45, 2.75) is 26.8 Å². The molecule has 0 saturated carbocycles. The van der Waals surface area contributed by atoms with Crippen LogP contribution < -0.4 is 10.6 Å². The number of rotatable bonds is 3. The molecule has 2 N–H and O–H groups in total. The first-order valence-corrected chi connectivity index (χ1v) is 5.25. The van der Waals surface area contributed by atoms with Crippen molar-refractivity contribution in [1.29, 1.82) is 0 Å². The molecule has 0 aromatic heterocycles. The van der Waals surface area contributed by atoms with Crippen LogP contribution in [-0.4, -0.2) is 12.6 Å². The van der Waals surface area contributed by atoms with E-state index in [1.807, 2.05) is 18.2 Å². The number of anilines is 2. The second-order valence-electron chi connectivity index (χ2n) is 3.58. The molecule has 0 atom stereocenters. The molecule has 0 amide bonds. The van der Waals surface area contributed by atoms with Crippen LogP contribution in [0.15, 0.2) is 18.2 Å². The van der Waals surface area contributed by atoms with Gasteiger partial charge in [-0.25, -0.2) is 0 Å². The molecule has 0 fully saturated rings. The molecule has 0 saturated heterocycles. The summed E-state index contributed by atoms with van der Waals surface area (Å²) in [5, 5.41) is 0.730. The molecule has 3 heteroatoms. The Balaban J connectivity index is 3.08. The van der Waals surface area contributed by atoms with Gasteiger partial charge < -0.3 is 10.6 Å². The van der Waals surface area contributed by atoms with Crippen LogP contribution in [0, 0.1) is 0 Å². The fraction of sp³-hybridized carbons (Fsp3) is 0.455. The van der Waals surface area contributed by atoms with Crippen molar-refractivity contribution < 1.29 is 0 Å². The van der Waals surface area contributed by atoms with Crippen LogP contribution in [0.2, 0.25) is 5.02 Å². The highest BCUT2D eigenvalue weighted by atomic mass is 35.5. The Morgan fingerprint density at radius 3 is 2.57 bits per heavy atom. The number of hydrogen-bond donors (Lipinski definition) is 1. The monoisotopic (exact) mass is 212 g/mol. The lowest BCUT2D eigenvalue weighted by Crippen LogP contribution is -2.30. The maximum Gasteiger partial charge on any atom is 0.0617 e. The van der Waals surface area contributed by atoms with Gasteiger partial charge in [0.15, 0.2) is 0 Å². The van der Waals surface area contributed by atoms with E-state index in [1.54, 1.807) is 0 Å². The van der Waals surface area contributed by atoms with Crippen LogP contribution in [0.4, 0.5) is 11.4 Å². The summed E-state index contributed by atoms with van der Waals surface area (Å²) in [6.45, 7) is 7.33. The molecule has 1 aromatic rings. The fourth-order valence-electron chi connectivity index (χ4n) is 1.58. The predicted molar refractivity (Wildman–Crippen MR) is 64.0 cm³/mol. The van der Waals surface area contributed by atoms with E-state index in [4.69, 9.17) is 17.3 Å². The lowest BCUT2D eigenvalue weighted by Gasteiger charge is -2.28. The summed E-state index contributed by atoms with van der Waals surface area (Å²) < 4.78 is 0. The average Bonchev–Trinajstić information content (AvgIpc) is 2.11. The zero-order valence-electron chi connectivity index (χ0n) is 8.92. The first-order valence-electron chi connectivity index (χ1n) is 4.88. The van der Waals surface area contributed by atoms with Gasteiger partial charge in [-0.15, -0.1) is 0 Å². The van der Waals surface area contributed by atoms with Crippen LogP contribution in [-0.2, 0) is 0 Å². The van der Waals surface area contributed by atoms with Gasteiger partial charge in [-0.3, -0.25) is 0 Å². The standard InChI is InChI=1S/C11H17ClN2/c1-4-14(8(2)3)11-7-9(12)5-6-10(11)13/h5-8H,4,13H2,1-3H3. The summed E-state index contributed by atoms with van der Waals surface area (Å²) in [7, 11) is 0. The summed E-state index contributed by atoms with van der Waals surface area (Å²) in [6, 6.07) is 6.01. The zero-order valence-corrected chi connectivity index (χ0v) is 9.67. The third-order valence-corrected chi connectivity index (χ3v) is 2.50. The highest BCUT2D eigenvalue weighted by molar-refractivity contribution is 6.31. The molecule has 0 aliphatic heterocycles. The van der Waals surface area contributed by atoms with E-state index in [0.29, 0.717) is 6.04 Å². The zero-order chi connectivity index (χ0) is 10.7. The lowest BCUT2D eigenvalue weighted by molar-refractivity contribution is 0.705. The molecule has 0 aliphatic rings. The van der Waals surface area contributed by atoms with Gasteiger partial charge in [0.05, 0.1) is 11.4 Å². The summed E-state index contributed by atoms with van der Waals surface area (Å²) >= 11 is 5.94. The third kappa shape index (κ3) is 2.32. The molecule has 0 aliphatic carbocycles. The average molecular weight is 213 g/mol. The van der Waals surface area contributed by atoms with Crippen LogP contribution >= 0.6 is 11.6 Å². The highest BCUT2D eigenvalue weighted by Gasteiger charge is 2.11. The molecule has 1 aromatic carbocycles. The lowest BCUT2D eigenvalue weighted by atomic mass is 10.2. The number of benzene rings is 1. The second-order valence-corrected chi connectivity index (χ2v) is 4.02. The molecule has 1 rings (SSSR count). The SMILES string of the molecule is CCN(c1cc(Cl)ccc1N)C(C)C. The maximum absolute atomic E-state index is 5.94. The van der Waals surface area contributed by atoms with Gasteiger partial charge >= 0.3 is 0 Å². The van der Waals surface area contributed by atoms with Gasteiger partial charge in [0.25, 0.3) is 0 Å². The van der Waals surface area contributed by atoms with Gasteiger partial charge in [-0.1, -0.05) is 11.6 Å². The van der Waals surface area contributed by atoms with Crippen LogP contribution in [0.1, 0.15) is 20.8 Å². The van der Waals surface area contributed by atoms with Crippen molar-refractivity contribution in [2.75, 3.05) is 17.2 Å². The number of nitrogens with two attached hydrogens (primary N) is 1. The normalized spacial score (nSPS) is 10.6. The van der Waals surface area contributed by atoms with E-state index in [9.17, 15) is 0 Å². The van der Waals surface area contributed by atoms with Crippen molar-refractivity contribution in [3.63, 3.8) is 0 Å². The Hall–Kier alpha value is -0.890. The molecular weight excluding hydrogens is 196 g/mol. The van der Waals surface area contributed by atoms with Gasteiger partial charge in [-0.2, -0.15) is 0 Å². The van der Waals surface area contributed by atoms with Gasteiger partial charge in [0.2, 0.25) is 0 Å². The minimum atomic E-state index is 0.431. The fourth-order valence-corrected chi connectivity index (χ4v) is 1.75. The van der Waals surface area contributed by atoms with E-state index in [-0.39, 0.29) is 0 Å². The van der Waals surface area contributed by atoms with E-state index in [1.165, 1.54) is 0 Å². The summed E-state index contributed by atoms with van der Waals surface area (Å²) in [6.07, 6.45) is 0. The Morgan fingerprint density at radius 2 is 2.07 bits per heavy atom. The van der Waals surface area contributed by atoms with E-state index < -0.39 is 0 Å².